The van der Waals surface area contributed by atoms with Gasteiger partial charge < -0.3 is 5.32 Å². The first-order chi connectivity index (χ1) is 7.11. The zero-order valence-corrected chi connectivity index (χ0v) is 11.5. The normalized spacial score (nSPS) is 12.5. The maximum Gasteiger partial charge on any atom is 0.220 e. The first-order valence-electron chi connectivity index (χ1n) is 5.11. The van der Waals surface area contributed by atoms with Crippen LogP contribution in [0.1, 0.15) is 31.6 Å². The fraction of sp³-hybridized carbons (Fsp3) is 0.545. The van der Waals surface area contributed by atoms with Crippen molar-refractivity contribution >= 4 is 33.2 Å². The Balaban J connectivity index is 2.28. The fourth-order valence-electron chi connectivity index (χ4n) is 1.17. The van der Waals surface area contributed by atoms with Gasteiger partial charge in [0.1, 0.15) is 0 Å². The van der Waals surface area contributed by atoms with Gasteiger partial charge in [0.15, 0.2) is 0 Å². The van der Waals surface area contributed by atoms with Gasteiger partial charge in [-0.1, -0.05) is 20.3 Å². The number of rotatable bonds is 5. The zero-order chi connectivity index (χ0) is 11.3. The second-order valence-corrected chi connectivity index (χ2v) is 5.64. The molecule has 1 heterocycles. The maximum atomic E-state index is 11.5. The lowest BCUT2D eigenvalue weighted by molar-refractivity contribution is -0.122. The molecule has 0 spiro atoms. The van der Waals surface area contributed by atoms with Crippen molar-refractivity contribution in [3.8, 4) is 0 Å². The Morgan fingerprint density at radius 3 is 2.93 bits per heavy atom. The van der Waals surface area contributed by atoms with Gasteiger partial charge in [-0.15, -0.1) is 11.3 Å². The monoisotopic (exact) mass is 289 g/mol. The van der Waals surface area contributed by atoms with Gasteiger partial charge in [-0.3, -0.25) is 4.79 Å². The van der Waals surface area contributed by atoms with Gasteiger partial charge >= 0.3 is 0 Å². The summed E-state index contributed by atoms with van der Waals surface area (Å²) in [5, 5.41) is 4.95. The van der Waals surface area contributed by atoms with Crippen LogP contribution in [0.15, 0.2) is 15.9 Å². The number of amides is 1. The Morgan fingerprint density at radius 1 is 1.67 bits per heavy atom. The summed E-state index contributed by atoms with van der Waals surface area (Å²) in [5.74, 6) is 0.619. The molecule has 4 heteroatoms. The summed E-state index contributed by atoms with van der Waals surface area (Å²) in [6.07, 6.45) is 1.68. The van der Waals surface area contributed by atoms with E-state index in [0.29, 0.717) is 18.9 Å². The lowest BCUT2D eigenvalue weighted by atomic mass is 10.1. The highest BCUT2D eigenvalue weighted by molar-refractivity contribution is 9.10. The van der Waals surface area contributed by atoms with E-state index in [4.69, 9.17) is 0 Å². The highest BCUT2D eigenvalue weighted by Crippen LogP contribution is 2.19. The van der Waals surface area contributed by atoms with E-state index in [1.54, 1.807) is 11.3 Å². The van der Waals surface area contributed by atoms with E-state index in [9.17, 15) is 4.79 Å². The average Bonchev–Trinajstić information content (AvgIpc) is 2.61. The van der Waals surface area contributed by atoms with Crippen molar-refractivity contribution < 1.29 is 4.79 Å². The predicted octanol–water partition coefficient (Wildman–Crippen LogP) is 3.56. The van der Waals surface area contributed by atoms with Gasteiger partial charge in [0.2, 0.25) is 5.91 Å². The van der Waals surface area contributed by atoms with Crippen molar-refractivity contribution in [3.63, 3.8) is 0 Å². The van der Waals surface area contributed by atoms with E-state index in [0.717, 1.165) is 10.9 Å². The first-order valence-corrected chi connectivity index (χ1v) is 6.78. The van der Waals surface area contributed by atoms with E-state index in [1.807, 2.05) is 11.4 Å². The second-order valence-electron chi connectivity index (χ2n) is 3.73. The van der Waals surface area contributed by atoms with Crippen LogP contribution in [-0.2, 0) is 11.3 Å². The van der Waals surface area contributed by atoms with Crippen LogP contribution in [0.2, 0.25) is 0 Å². The van der Waals surface area contributed by atoms with Crippen LogP contribution in [0.4, 0.5) is 0 Å². The Morgan fingerprint density at radius 2 is 2.40 bits per heavy atom. The van der Waals surface area contributed by atoms with E-state index in [2.05, 4.69) is 35.1 Å². The Bertz CT molecular complexity index is 324. The molecule has 84 valence electrons. The van der Waals surface area contributed by atoms with Gasteiger partial charge in [0, 0.05) is 21.2 Å². The molecule has 15 heavy (non-hydrogen) atoms. The third-order valence-electron chi connectivity index (χ3n) is 2.31. The molecular weight excluding hydrogens is 274 g/mol. The van der Waals surface area contributed by atoms with Crippen LogP contribution < -0.4 is 5.32 Å². The van der Waals surface area contributed by atoms with Crippen molar-refractivity contribution in [2.24, 2.45) is 5.92 Å². The van der Waals surface area contributed by atoms with Gasteiger partial charge in [-0.2, -0.15) is 0 Å². The number of carbonyl (C=O) groups is 1. The Labute approximate surface area is 103 Å². The summed E-state index contributed by atoms with van der Waals surface area (Å²) >= 11 is 5.04. The molecule has 0 radical (unpaired) electrons. The lowest BCUT2D eigenvalue weighted by Crippen LogP contribution is -2.23. The molecule has 1 aromatic heterocycles. The number of nitrogens with one attached hydrogen (secondary N) is 1. The van der Waals surface area contributed by atoms with Crippen molar-refractivity contribution in [2.45, 2.75) is 33.2 Å². The number of thiophene rings is 1. The highest BCUT2D eigenvalue weighted by atomic mass is 79.9. The van der Waals surface area contributed by atoms with E-state index >= 15 is 0 Å². The molecular formula is C11H16BrNOS. The summed E-state index contributed by atoms with van der Waals surface area (Å²) in [6.45, 7) is 4.85. The first kappa shape index (κ1) is 12.7. The third kappa shape index (κ3) is 4.80. The standard InChI is InChI=1S/C11H16BrNOS/c1-3-8(2)4-11(14)13-6-10-5-9(12)7-15-10/h5,7-8H,3-4,6H2,1-2H3,(H,13,14). The molecule has 1 rings (SSSR count). The summed E-state index contributed by atoms with van der Waals surface area (Å²) in [6, 6.07) is 2.04. The molecule has 0 fully saturated rings. The van der Waals surface area contributed by atoms with Crippen molar-refractivity contribution in [1.29, 1.82) is 0 Å². The quantitative estimate of drug-likeness (QED) is 0.882. The van der Waals surface area contributed by atoms with Gasteiger partial charge in [0.25, 0.3) is 0 Å². The summed E-state index contributed by atoms with van der Waals surface area (Å²) in [4.78, 5) is 12.7. The predicted molar refractivity (Wildman–Crippen MR) is 67.9 cm³/mol. The van der Waals surface area contributed by atoms with E-state index in [1.165, 1.54) is 4.88 Å². The number of hydrogen-bond acceptors (Lipinski definition) is 2. The Hall–Kier alpha value is -0.350. The molecule has 0 aromatic carbocycles. The molecule has 1 atom stereocenters. The molecule has 0 aliphatic heterocycles. The SMILES string of the molecule is CCC(C)CC(=O)NCc1cc(Br)cs1. The average molecular weight is 290 g/mol. The van der Waals surface area contributed by atoms with Crippen LogP contribution in [0.3, 0.4) is 0 Å². The van der Waals surface area contributed by atoms with Crippen molar-refractivity contribution in [3.05, 3.63) is 20.8 Å². The largest absolute Gasteiger partial charge is 0.351 e. The lowest BCUT2D eigenvalue weighted by Gasteiger charge is -2.08. The molecule has 2 nitrogen and oxygen atoms in total. The minimum atomic E-state index is 0.147. The summed E-state index contributed by atoms with van der Waals surface area (Å²) in [5.41, 5.74) is 0. The number of hydrogen-bond donors (Lipinski definition) is 1. The minimum Gasteiger partial charge on any atom is -0.351 e. The van der Waals surface area contributed by atoms with E-state index in [-0.39, 0.29) is 5.91 Å². The smallest absolute Gasteiger partial charge is 0.220 e. The van der Waals surface area contributed by atoms with Gasteiger partial charge in [0.05, 0.1) is 6.54 Å². The van der Waals surface area contributed by atoms with Crippen LogP contribution >= 0.6 is 27.3 Å². The highest BCUT2D eigenvalue weighted by Gasteiger charge is 2.07. The third-order valence-corrected chi connectivity index (χ3v) is 4.01. The van der Waals surface area contributed by atoms with Crippen LogP contribution in [0.25, 0.3) is 0 Å². The van der Waals surface area contributed by atoms with Gasteiger partial charge in [-0.05, 0) is 27.9 Å². The van der Waals surface area contributed by atoms with Crippen molar-refractivity contribution in [2.75, 3.05) is 0 Å². The molecule has 0 bridgehead atoms. The topological polar surface area (TPSA) is 29.1 Å². The molecule has 0 aliphatic rings. The number of carbonyl (C=O) groups excluding carboxylic acids is 1. The molecule has 0 saturated carbocycles. The molecule has 1 amide bonds. The maximum absolute atomic E-state index is 11.5. The van der Waals surface area contributed by atoms with Gasteiger partial charge in [-0.25, -0.2) is 0 Å². The minimum absolute atomic E-state index is 0.147. The molecule has 1 aromatic rings. The molecule has 1 N–H and O–H groups in total. The van der Waals surface area contributed by atoms with E-state index < -0.39 is 0 Å². The molecule has 0 aliphatic carbocycles. The molecule has 1 unspecified atom stereocenters. The Kier molecular flexibility index (Phi) is 5.32. The second kappa shape index (κ2) is 6.28. The van der Waals surface area contributed by atoms with Crippen molar-refractivity contribution in [1.82, 2.24) is 5.32 Å². The summed E-state index contributed by atoms with van der Waals surface area (Å²) < 4.78 is 1.08. The van der Waals surface area contributed by atoms with Crippen LogP contribution in [0.5, 0.6) is 0 Å². The molecule has 0 saturated heterocycles. The van der Waals surface area contributed by atoms with Crippen LogP contribution in [-0.4, -0.2) is 5.91 Å². The van der Waals surface area contributed by atoms with Crippen LogP contribution in [0, 0.1) is 5.92 Å². The number of halogens is 1. The fourth-order valence-corrected chi connectivity index (χ4v) is 2.56. The summed E-state index contributed by atoms with van der Waals surface area (Å²) in [7, 11) is 0. The zero-order valence-electron chi connectivity index (χ0n) is 9.05.